The number of hydrogen-bond donors (Lipinski definition) is 0. The lowest BCUT2D eigenvalue weighted by molar-refractivity contribution is -0.142. The number of aryl methyl sites for hydroxylation is 1. The first-order valence-corrected chi connectivity index (χ1v) is 11.4. The van der Waals surface area contributed by atoms with Gasteiger partial charge in [0, 0.05) is 10.9 Å². The van der Waals surface area contributed by atoms with Crippen molar-refractivity contribution in [1.82, 2.24) is 0 Å². The van der Waals surface area contributed by atoms with Gasteiger partial charge in [0.2, 0.25) is 0 Å². The second kappa shape index (κ2) is 9.61. The van der Waals surface area contributed by atoms with Crippen LogP contribution in [0.2, 0.25) is 0 Å². The number of fused-ring (bicyclic) bond motifs is 2. The Hall–Kier alpha value is -3.41. The average molecular weight is 450 g/mol. The van der Waals surface area contributed by atoms with Gasteiger partial charge in [-0.05, 0) is 48.9 Å². The van der Waals surface area contributed by atoms with E-state index >= 15 is 4.39 Å². The Labute approximate surface area is 193 Å². The highest BCUT2D eigenvalue weighted by Gasteiger charge is 2.36. The zero-order valence-corrected chi connectivity index (χ0v) is 19.2. The van der Waals surface area contributed by atoms with Crippen molar-refractivity contribution in [2.75, 3.05) is 18.1 Å². The van der Waals surface area contributed by atoms with Gasteiger partial charge in [0.15, 0.2) is 0 Å². The molecule has 1 aliphatic heterocycles. The molecular weight excluding hydrogens is 421 g/mol. The van der Waals surface area contributed by atoms with E-state index in [0.29, 0.717) is 23.5 Å². The molecule has 1 amide bonds. The van der Waals surface area contributed by atoms with Gasteiger partial charge in [-0.3, -0.25) is 9.59 Å². The third-order valence-corrected chi connectivity index (χ3v) is 5.90. The molecule has 0 atom stereocenters. The monoisotopic (exact) mass is 449 g/mol. The number of benzene rings is 3. The summed E-state index contributed by atoms with van der Waals surface area (Å²) in [6, 6.07) is 12.5. The predicted molar refractivity (Wildman–Crippen MR) is 126 cm³/mol. The summed E-state index contributed by atoms with van der Waals surface area (Å²) in [6.07, 6.45) is 1.62. The van der Waals surface area contributed by atoms with Gasteiger partial charge < -0.3 is 14.4 Å². The number of carbonyl (C=O) groups is 2. The second-order valence-electron chi connectivity index (χ2n) is 8.05. The molecule has 172 valence electrons. The zero-order valence-electron chi connectivity index (χ0n) is 19.2. The normalized spacial score (nSPS) is 12.8. The molecule has 33 heavy (non-hydrogen) atoms. The van der Waals surface area contributed by atoms with Crippen LogP contribution < -0.4 is 9.64 Å². The Balaban J connectivity index is 1.78. The Morgan fingerprint density at radius 1 is 1.06 bits per heavy atom. The van der Waals surface area contributed by atoms with Gasteiger partial charge in [0.25, 0.3) is 5.91 Å². The van der Waals surface area contributed by atoms with Gasteiger partial charge >= 0.3 is 5.97 Å². The minimum absolute atomic E-state index is 0.0141. The molecule has 0 radical (unpaired) electrons. The van der Waals surface area contributed by atoms with Crippen molar-refractivity contribution in [3.63, 3.8) is 0 Å². The number of hydrogen-bond acceptors (Lipinski definition) is 4. The summed E-state index contributed by atoms with van der Waals surface area (Å²) in [5.41, 5.74) is 3.11. The Morgan fingerprint density at radius 3 is 2.48 bits per heavy atom. The van der Waals surface area contributed by atoms with Crippen LogP contribution >= 0.6 is 0 Å². The van der Waals surface area contributed by atoms with Crippen molar-refractivity contribution < 1.29 is 23.5 Å². The quantitative estimate of drug-likeness (QED) is 0.420. The van der Waals surface area contributed by atoms with Crippen LogP contribution in [0.15, 0.2) is 42.5 Å². The van der Waals surface area contributed by atoms with Crippen molar-refractivity contribution in [2.45, 2.75) is 46.6 Å². The molecule has 1 heterocycles. The molecule has 0 bridgehead atoms. The molecule has 0 saturated carbocycles. The fourth-order valence-electron chi connectivity index (χ4n) is 4.58. The van der Waals surface area contributed by atoms with Gasteiger partial charge in [0.05, 0.1) is 37.4 Å². The van der Waals surface area contributed by atoms with E-state index in [1.165, 1.54) is 11.0 Å². The number of amides is 1. The van der Waals surface area contributed by atoms with Crippen LogP contribution in [-0.4, -0.2) is 25.1 Å². The van der Waals surface area contributed by atoms with Crippen LogP contribution in [0.5, 0.6) is 5.75 Å². The fraction of sp³-hybridized carbons (Fsp3) is 0.333. The molecule has 0 unspecified atom stereocenters. The number of halogens is 1. The predicted octanol–water partition coefficient (Wildman–Crippen LogP) is 5.60. The van der Waals surface area contributed by atoms with Crippen LogP contribution in [0, 0.1) is 5.82 Å². The average Bonchev–Trinajstić information content (AvgIpc) is 3.13. The lowest BCUT2D eigenvalue weighted by Gasteiger charge is -2.17. The van der Waals surface area contributed by atoms with E-state index in [4.69, 9.17) is 9.47 Å². The molecule has 6 heteroatoms. The Morgan fingerprint density at radius 2 is 1.82 bits per heavy atom. The summed E-state index contributed by atoms with van der Waals surface area (Å²) in [5, 5.41) is 1.98. The highest BCUT2D eigenvalue weighted by molar-refractivity contribution is 6.15. The van der Waals surface area contributed by atoms with E-state index in [9.17, 15) is 9.59 Å². The van der Waals surface area contributed by atoms with Crippen LogP contribution in [0.1, 0.15) is 54.2 Å². The van der Waals surface area contributed by atoms with Gasteiger partial charge in [-0.2, -0.15) is 0 Å². The topological polar surface area (TPSA) is 55.8 Å². The van der Waals surface area contributed by atoms with Gasteiger partial charge in [0.1, 0.15) is 11.6 Å². The van der Waals surface area contributed by atoms with Crippen LogP contribution in [0.3, 0.4) is 0 Å². The molecule has 5 nitrogen and oxygen atoms in total. The van der Waals surface area contributed by atoms with Crippen molar-refractivity contribution in [3.05, 3.63) is 70.5 Å². The fourth-order valence-corrected chi connectivity index (χ4v) is 4.58. The standard InChI is InChI=1S/C27H28FNO4/c1-4-9-19-18-10-7-8-11-20(18)26(33-6-3)21-16-29(27(31)25(19)21)23-13-12-17(14-22(23)28)15-24(30)32-5-2/h7-8,10-14H,4-6,9,15-16H2,1-3H3. The first-order valence-electron chi connectivity index (χ1n) is 11.4. The van der Waals surface area contributed by atoms with Crippen molar-refractivity contribution >= 4 is 28.3 Å². The Bertz CT molecular complexity index is 1220. The minimum atomic E-state index is -0.544. The lowest BCUT2D eigenvalue weighted by Crippen LogP contribution is -2.24. The molecule has 1 aliphatic rings. The first-order chi connectivity index (χ1) is 16.0. The summed E-state index contributed by atoms with van der Waals surface area (Å²) >= 11 is 0. The third-order valence-electron chi connectivity index (χ3n) is 5.90. The lowest BCUT2D eigenvalue weighted by atomic mass is 9.91. The minimum Gasteiger partial charge on any atom is -0.493 e. The van der Waals surface area contributed by atoms with Gasteiger partial charge in [-0.25, -0.2) is 4.39 Å². The molecule has 3 aromatic rings. The number of ether oxygens (including phenoxy) is 2. The molecule has 0 fully saturated rings. The van der Waals surface area contributed by atoms with E-state index in [1.807, 2.05) is 31.2 Å². The second-order valence-corrected chi connectivity index (χ2v) is 8.05. The van der Waals surface area contributed by atoms with E-state index in [1.54, 1.807) is 19.1 Å². The number of carbonyl (C=O) groups excluding carboxylic acids is 2. The van der Waals surface area contributed by atoms with Crippen molar-refractivity contribution in [3.8, 4) is 5.75 Å². The summed E-state index contributed by atoms with van der Waals surface area (Å²) < 4.78 is 26.1. The van der Waals surface area contributed by atoms with E-state index < -0.39 is 11.8 Å². The number of esters is 1. The molecule has 0 saturated heterocycles. The van der Waals surface area contributed by atoms with E-state index in [-0.39, 0.29) is 31.2 Å². The maximum Gasteiger partial charge on any atom is 0.310 e. The van der Waals surface area contributed by atoms with Crippen LogP contribution in [0.4, 0.5) is 10.1 Å². The SMILES string of the molecule is CCCc1c2c(c(OCC)c3ccccc13)CN(c1ccc(CC(=O)OCC)cc1F)C2=O. The maximum absolute atomic E-state index is 15.1. The summed E-state index contributed by atoms with van der Waals surface area (Å²) in [5.74, 6) is -0.487. The molecular formula is C27H28FNO4. The molecule has 4 rings (SSSR count). The number of anilines is 1. The van der Waals surface area contributed by atoms with Crippen molar-refractivity contribution in [2.24, 2.45) is 0 Å². The largest absolute Gasteiger partial charge is 0.493 e. The Kier molecular flexibility index (Phi) is 6.63. The third kappa shape index (κ3) is 4.17. The molecule has 0 aromatic heterocycles. The molecule has 0 aliphatic carbocycles. The summed E-state index contributed by atoms with van der Waals surface area (Å²) in [4.78, 5) is 26.8. The van der Waals surface area contributed by atoms with Gasteiger partial charge in [-0.15, -0.1) is 0 Å². The van der Waals surface area contributed by atoms with Crippen molar-refractivity contribution in [1.29, 1.82) is 0 Å². The maximum atomic E-state index is 15.1. The van der Waals surface area contributed by atoms with E-state index in [0.717, 1.165) is 34.7 Å². The van der Waals surface area contributed by atoms with Crippen LogP contribution in [0.25, 0.3) is 10.8 Å². The smallest absolute Gasteiger partial charge is 0.310 e. The number of rotatable bonds is 8. The molecule has 3 aromatic carbocycles. The highest BCUT2D eigenvalue weighted by Crippen LogP contribution is 2.43. The highest BCUT2D eigenvalue weighted by atomic mass is 19.1. The van der Waals surface area contributed by atoms with Gasteiger partial charge in [-0.1, -0.05) is 43.7 Å². The summed E-state index contributed by atoms with van der Waals surface area (Å²) in [6.45, 7) is 6.70. The van der Waals surface area contributed by atoms with Crippen LogP contribution in [-0.2, 0) is 28.9 Å². The first kappa shape index (κ1) is 22.8. The van der Waals surface area contributed by atoms with E-state index in [2.05, 4.69) is 6.92 Å². The number of nitrogens with zero attached hydrogens (tertiary/aromatic N) is 1. The molecule has 0 N–H and O–H groups in total. The summed E-state index contributed by atoms with van der Waals surface area (Å²) in [7, 11) is 0. The zero-order chi connectivity index (χ0) is 23.5. The molecule has 0 spiro atoms.